The Bertz CT molecular complexity index is 328. The maximum atomic E-state index is 11.2. The molecule has 0 bridgehead atoms. The Labute approximate surface area is 96.4 Å². The maximum absolute atomic E-state index is 11.2. The van der Waals surface area contributed by atoms with E-state index in [1.54, 1.807) is 0 Å². The van der Waals surface area contributed by atoms with Crippen molar-refractivity contribution in [1.29, 1.82) is 0 Å². The van der Waals surface area contributed by atoms with Crippen molar-refractivity contribution in [3.63, 3.8) is 0 Å². The van der Waals surface area contributed by atoms with Gasteiger partial charge in [-0.2, -0.15) is 0 Å². The molecule has 0 heterocycles. The highest BCUT2D eigenvalue weighted by molar-refractivity contribution is 5.88. The first-order chi connectivity index (χ1) is 7.46. The van der Waals surface area contributed by atoms with Crippen LogP contribution in [-0.4, -0.2) is 49.7 Å². The Hall–Kier alpha value is -1.67. The number of ether oxygens (including phenoxy) is 1. The van der Waals surface area contributed by atoms with Gasteiger partial charge in [-0.3, -0.25) is 9.59 Å². The molecule has 0 rings (SSSR count). The zero-order chi connectivity index (χ0) is 13.9. The first-order valence-corrected chi connectivity index (χ1v) is 4.58. The van der Waals surface area contributed by atoms with Gasteiger partial charge < -0.3 is 25.2 Å². The molecule has 0 saturated heterocycles. The summed E-state index contributed by atoms with van der Waals surface area (Å²) in [6.45, 7) is 2.25. The lowest BCUT2D eigenvalue weighted by atomic mass is 9.96. The Kier molecular flexibility index (Phi) is 4.60. The van der Waals surface area contributed by atoms with E-state index in [9.17, 15) is 19.5 Å². The molecular weight excluding hydrogens is 236 g/mol. The van der Waals surface area contributed by atoms with Crippen LogP contribution in [-0.2, 0) is 19.1 Å². The molecule has 4 N–H and O–H groups in total. The summed E-state index contributed by atoms with van der Waals surface area (Å²) in [6, 6.07) is 0. The summed E-state index contributed by atoms with van der Waals surface area (Å²) < 4.78 is 4.37. The van der Waals surface area contributed by atoms with Crippen LogP contribution in [0.25, 0.3) is 0 Å². The smallest absolute Gasteiger partial charge is 0.336 e. The number of rotatable bonds is 6. The van der Waals surface area contributed by atoms with Gasteiger partial charge in [0.15, 0.2) is 5.60 Å². The quantitative estimate of drug-likeness (QED) is 0.345. The van der Waals surface area contributed by atoms with Crippen molar-refractivity contribution in [2.75, 3.05) is 0 Å². The van der Waals surface area contributed by atoms with E-state index in [-0.39, 0.29) is 0 Å². The summed E-state index contributed by atoms with van der Waals surface area (Å²) in [4.78, 5) is 32.2. The molecule has 0 aromatic carbocycles. The fourth-order valence-electron chi connectivity index (χ4n) is 1.02. The number of carbonyl (C=O) groups excluding carboxylic acids is 1. The fraction of sp³-hybridized carbons (Fsp3) is 0.667. The van der Waals surface area contributed by atoms with Crippen LogP contribution in [0.1, 0.15) is 26.7 Å². The summed E-state index contributed by atoms with van der Waals surface area (Å²) in [5, 5.41) is 35.6. The molecule has 1 atom stereocenters. The van der Waals surface area contributed by atoms with Gasteiger partial charge in [-0.1, -0.05) is 0 Å². The van der Waals surface area contributed by atoms with Gasteiger partial charge in [0.25, 0.3) is 0 Å². The van der Waals surface area contributed by atoms with Gasteiger partial charge in [0.05, 0.1) is 12.8 Å². The lowest BCUT2D eigenvalue weighted by Crippen LogP contribution is -2.44. The predicted octanol–water partition coefficient (Wildman–Crippen LogP) is -1.06. The second kappa shape index (κ2) is 5.11. The van der Waals surface area contributed by atoms with Crippen LogP contribution in [0.3, 0.4) is 0 Å². The van der Waals surface area contributed by atoms with Crippen molar-refractivity contribution in [1.82, 2.24) is 0 Å². The van der Waals surface area contributed by atoms with E-state index in [0.29, 0.717) is 0 Å². The second-order valence-electron chi connectivity index (χ2n) is 4.00. The molecule has 0 radical (unpaired) electrons. The van der Waals surface area contributed by atoms with Crippen molar-refractivity contribution in [2.24, 2.45) is 0 Å². The molecule has 0 aromatic rings. The molecule has 0 spiro atoms. The molecule has 0 fully saturated rings. The van der Waals surface area contributed by atoms with Crippen molar-refractivity contribution < 1.29 is 39.5 Å². The summed E-state index contributed by atoms with van der Waals surface area (Å²) in [7, 11) is 0. The van der Waals surface area contributed by atoms with Gasteiger partial charge in [0.2, 0.25) is 5.79 Å². The Morgan fingerprint density at radius 2 is 1.53 bits per heavy atom. The Morgan fingerprint density at radius 3 is 1.82 bits per heavy atom. The molecule has 8 nitrogen and oxygen atoms in total. The van der Waals surface area contributed by atoms with Crippen LogP contribution < -0.4 is 0 Å². The third-order valence-electron chi connectivity index (χ3n) is 1.64. The van der Waals surface area contributed by atoms with Crippen LogP contribution >= 0.6 is 0 Å². The minimum Gasteiger partial charge on any atom is -0.481 e. The Balaban J connectivity index is 4.72. The molecule has 0 aliphatic heterocycles. The van der Waals surface area contributed by atoms with Gasteiger partial charge in [-0.15, -0.1) is 0 Å². The molecule has 17 heavy (non-hydrogen) atoms. The molecule has 0 aliphatic rings. The third kappa shape index (κ3) is 5.83. The molecule has 0 saturated carbocycles. The molecule has 0 aliphatic carbocycles. The molecule has 1 unspecified atom stereocenters. The summed E-state index contributed by atoms with van der Waals surface area (Å²) in [6.07, 6.45) is -2.22. The van der Waals surface area contributed by atoms with Crippen molar-refractivity contribution in [2.45, 2.75) is 38.1 Å². The molecular formula is C9H14O8. The van der Waals surface area contributed by atoms with Crippen LogP contribution in [0.15, 0.2) is 0 Å². The summed E-state index contributed by atoms with van der Waals surface area (Å²) in [5.74, 6) is -6.48. The van der Waals surface area contributed by atoms with E-state index in [1.165, 1.54) is 0 Å². The van der Waals surface area contributed by atoms with Crippen molar-refractivity contribution >= 4 is 17.9 Å². The standard InChI is InChI=1S/C9H14O8/c1-8(2,15)17-6(12)4-9(16,7(13)14)3-5(10)11/h15-16H,3-4H2,1-2H3,(H,10,11)(H,13,14). The molecule has 0 aromatic heterocycles. The monoisotopic (exact) mass is 250 g/mol. The molecule has 0 amide bonds. The number of aliphatic carboxylic acids is 2. The van der Waals surface area contributed by atoms with Crippen LogP contribution in [0.2, 0.25) is 0 Å². The van der Waals surface area contributed by atoms with Gasteiger partial charge in [0, 0.05) is 13.8 Å². The second-order valence-corrected chi connectivity index (χ2v) is 4.00. The predicted molar refractivity (Wildman–Crippen MR) is 51.8 cm³/mol. The number of aliphatic hydroxyl groups is 2. The average molecular weight is 250 g/mol. The maximum Gasteiger partial charge on any atom is 0.336 e. The first kappa shape index (κ1) is 15.3. The Morgan fingerprint density at radius 1 is 1.06 bits per heavy atom. The van der Waals surface area contributed by atoms with Gasteiger partial charge in [-0.05, 0) is 0 Å². The van der Waals surface area contributed by atoms with Crippen molar-refractivity contribution in [3.05, 3.63) is 0 Å². The SMILES string of the molecule is CC(C)(O)OC(=O)CC(O)(CC(=O)O)C(=O)O. The summed E-state index contributed by atoms with van der Waals surface area (Å²) in [5.41, 5.74) is -2.76. The van der Waals surface area contributed by atoms with Gasteiger partial charge in [0.1, 0.15) is 0 Å². The highest BCUT2D eigenvalue weighted by Crippen LogP contribution is 2.18. The van der Waals surface area contributed by atoms with Crippen LogP contribution in [0.5, 0.6) is 0 Å². The van der Waals surface area contributed by atoms with Crippen molar-refractivity contribution in [3.8, 4) is 0 Å². The number of carboxylic acid groups (broad SMARTS) is 2. The van der Waals surface area contributed by atoms with E-state index < -0.39 is 42.1 Å². The van der Waals surface area contributed by atoms with E-state index in [1.807, 2.05) is 0 Å². The van der Waals surface area contributed by atoms with E-state index in [4.69, 9.17) is 15.3 Å². The fourth-order valence-corrected chi connectivity index (χ4v) is 1.02. The lowest BCUT2D eigenvalue weighted by molar-refractivity contribution is -0.201. The van der Waals surface area contributed by atoms with Gasteiger partial charge in [-0.25, -0.2) is 4.79 Å². The zero-order valence-corrected chi connectivity index (χ0v) is 9.34. The number of esters is 1. The van der Waals surface area contributed by atoms with E-state index in [2.05, 4.69) is 4.74 Å². The minimum absolute atomic E-state index is 1.07. The molecule has 98 valence electrons. The normalized spacial score (nSPS) is 14.8. The molecule has 8 heteroatoms. The van der Waals surface area contributed by atoms with Gasteiger partial charge >= 0.3 is 17.9 Å². The topological polar surface area (TPSA) is 141 Å². The first-order valence-electron chi connectivity index (χ1n) is 4.58. The third-order valence-corrected chi connectivity index (χ3v) is 1.64. The van der Waals surface area contributed by atoms with Crippen LogP contribution in [0, 0.1) is 0 Å². The number of carboxylic acids is 2. The lowest BCUT2D eigenvalue weighted by Gasteiger charge is -2.23. The summed E-state index contributed by atoms with van der Waals surface area (Å²) >= 11 is 0. The number of carbonyl (C=O) groups is 3. The number of hydrogen-bond acceptors (Lipinski definition) is 6. The van der Waals surface area contributed by atoms with Crippen LogP contribution in [0.4, 0.5) is 0 Å². The minimum atomic E-state index is -2.76. The average Bonchev–Trinajstić information content (AvgIpc) is 1.96. The largest absolute Gasteiger partial charge is 0.481 e. The number of hydrogen-bond donors (Lipinski definition) is 4. The zero-order valence-electron chi connectivity index (χ0n) is 9.34. The highest BCUT2D eigenvalue weighted by Gasteiger charge is 2.42. The highest BCUT2D eigenvalue weighted by atomic mass is 16.7. The van der Waals surface area contributed by atoms with E-state index in [0.717, 1.165) is 13.8 Å². The van der Waals surface area contributed by atoms with E-state index >= 15 is 0 Å².